The molecule has 0 aromatic heterocycles. The fraction of sp³-hybridized carbons (Fsp3) is 0.250. The Kier molecular flexibility index (Phi) is 9.45. The second kappa shape index (κ2) is 12.9. The Hall–Kier alpha value is -4.33. The quantitative estimate of drug-likeness (QED) is 0.349. The van der Waals surface area contributed by atoms with Gasteiger partial charge in [-0.05, 0) is 92.1 Å². The molecule has 36 heavy (non-hydrogen) atoms. The van der Waals surface area contributed by atoms with E-state index in [0.29, 0.717) is 29.3 Å². The van der Waals surface area contributed by atoms with Crippen LogP contribution in [-0.2, 0) is 19.1 Å². The Bertz CT molecular complexity index is 1170. The number of nitrogens with one attached hydrogen (secondary N) is 2. The van der Waals surface area contributed by atoms with Gasteiger partial charge in [0.25, 0.3) is 5.91 Å². The summed E-state index contributed by atoms with van der Waals surface area (Å²) in [6.07, 6.45) is 0.495. The van der Waals surface area contributed by atoms with Gasteiger partial charge in [0.2, 0.25) is 5.91 Å². The van der Waals surface area contributed by atoms with Crippen molar-refractivity contribution in [2.24, 2.45) is 0 Å². The maximum atomic E-state index is 12.2. The summed E-state index contributed by atoms with van der Waals surface area (Å²) in [7, 11) is 1.60. The van der Waals surface area contributed by atoms with Crippen molar-refractivity contribution in [1.29, 1.82) is 0 Å². The van der Waals surface area contributed by atoms with Gasteiger partial charge in [-0.25, -0.2) is 0 Å². The summed E-state index contributed by atoms with van der Waals surface area (Å²) in [6.45, 7) is 3.50. The molecule has 3 rings (SSSR count). The summed E-state index contributed by atoms with van der Waals surface area (Å²) < 4.78 is 15.9. The molecular formula is C28H30N2O6. The fourth-order valence-corrected chi connectivity index (χ4v) is 3.47. The normalized spacial score (nSPS) is 10.3. The number of ether oxygens (including phenoxy) is 3. The number of carbonyl (C=O) groups is 3. The molecule has 0 atom stereocenters. The van der Waals surface area contributed by atoms with Gasteiger partial charge >= 0.3 is 5.97 Å². The molecule has 0 aliphatic carbocycles. The van der Waals surface area contributed by atoms with Gasteiger partial charge in [0.15, 0.2) is 6.61 Å². The number of carbonyl (C=O) groups excluding carboxylic acids is 3. The maximum Gasteiger partial charge on any atom is 0.306 e. The standard InChI is InChI=1S/C28H30N2O6/c1-19-15-20(2)17-22(16-19)30-27(32)18-35-28(33)6-4-5-26(31)29-21-7-9-24(10-8-21)36-25-13-11-23(34-3)12-14-25/h7-17H,4-6,18H2,1-3H3,(H,29,31)(H,30,32). The maximum absolute atomic E-state index is 12.2. The molecule has 0 fully saturated rings. The third-order valence-corrected chi connectivity index (χ3v) is 5.09. The third kappa shape index (κ3) is 8.79. The first-order chi connectivity index (χ1) is 17.3. The molecule has 3 aromatic carbocycles. The van der Waals surface area contributed by atoms with Gasteiger partial charge in [-0.1, -0.05) is 6.07 Å². The second-order valence-corrected chi connectivity index (χ2v) is 8.29. The molecule has 0 saturated heterocycles. The number of hydrogen-bond donors (Lipinski definition) is 2. The lowest BCUT2D eigenvalue weighted by Gasteiger charge is -2.09. The highest BCUT2D eigenvalue weighted by molar-refractivity contribution is 5.93. The van der Waals surface area contributed by atoms with Gasteiger partial charge in [-0.2, -0.15) is 0 Å². The van der Waals surface area contributed by atoms with Crippen molar-refractivity contribution in [2.75, 3.05) is 24.4 Å². The van der Waals surface area contributed by atoms with E-state index in [0.717, 1.165) is 16.9 Å². The summed E-state index contributed by atoms with van der Waals surface area (Å²) in [5.41, 5.74) is 3.33. The van der Waals surface area contributed by atoms with Crippen LogP contribution >= 0.6 is 0 Å². The van der Waals surface area contributed by atoms with Gasteiger partial charge in [0.1, 0.15) is 17.2 Å². The van der Waals surface area contributed by atoms with E-state index in [1.165, 1.54) is 0 Å². The minimum atomic E-state index is -0.529. The molecule has 0 aliphatic rings. The van der Waals surface area contributed by atoms with Crippen molar-refractivity contribution in [3.8, 4) is 17.2 Å². The monoisotopic (exact) mass is 490 g/mol. The molecule has 3 aromatic rings. The highest BCUT2D eigenvalue weighted by atomic mass is 16.5. The van der Waals surface area contributed by atoms with Crippen molar-refractivity contribution < 1.29 is 28.6 Å². The van der Waals surface area contributed by atoms with E-state index in [-0.39, 0.29) is 25.4 Å². The first kappa shape index (κ1) is 26.3. The Morgan fingerprint density at radius 3 is 1.86 bits per heavy atom. The van der Waals surface area contributed by atoms with Gasteiger partial charge in [0, 0.05) is 24.2 Å². The average molecular weight is 491 g/mol. The Morgan fingerprint density at radius 1 is 0.694 bits per heavy atom. The Labute approximate surface area is 210 Å². The van der Waals surface area contributed by atoms with Crippen LogP contribution in [0.4, 0.5) is 11.4 Å². The SMILES string of the molecule is COc1ccc(Oc2ccc(NC(=O)CCCC(=O)OCC(=O)Nc3cc(C)cc(C)c3)cc2)cc1. The lowest BCUT2D eigenvalue weighted by Crippen LogP contribution is -2.21. The molecular weight excluding hydrogens is 460 g/mol. The van der Waals surface area contributed by atoms with Crippen LogP contribution < -0.4 is 20.1 Å². The smallest absolute Gasteiger partial charge is 0.306 e. The molecule has 0 radical (unpaired) electrons. The van der Waals surface area contributed by atoms with Crippen LogP contribution in [0.25, 0.3) is 0 Å². The zero-order chi connectivity index (χ0) is 25.9. The molecule has 0 heterocycles. The predicted octanol–water partition coefficient (Wildman–Crippen LogP) is 5.40. The predicted molar refractivity (Wildman–Crippen MR) is 137 cm³/mol. The van der Waals surface area contributed by atoms with E-state index in [1.54, 1.807) is 55.6 Å². The van der Waals surface area contributed by atoms with Crippen molar-refractivity contribution >= 4 is 29.2 Å². The first-order valence-corrected chi connectivity index (χ1v) is 11.6. The number of rotatable bonds is 11. The first-order valence-electron chi connectivity index (χ1n) is 11.6. The lowest BCUT2D eigenvalue weighted by atomic mass is 10.1. The van der Waals surface area contributed by atoms with E-state index in [2.05, 4.69) is 10.6 Å². The van der Waals surface area contributed by atoms with Gasteiger partial charge < -0.3 is 24.8 Å². The fourth-order valence-electron chi connectivity index (χ4n) is 3.47. The molecule has 8 nitrogen and oxygen atoms in total. The molecule has 8 heteroatoms. The van der Waals surface area contributed by atoms with Gasteiger partial charge in [-0.3, -0.25) is 14.4 Å². The molecule has 2 amide bonds. The van der Waals surface area contributed by atoms with Crippen LogP contribution in [0.1, 0.15) is 30.4 Å². The highest BCUT2D eigenvalue weighted by Crippen LogP contribution is 2.25. The van der Waals surface area contributed by atoms with Gasteiger partial charge in [-0.15, -0.1) is 0 Å². The molecule has 0 saturated carbocycles. The minimum Gasteiger partial charge on any atom is -0.497 e. The highest BCUT2D eigenvalue weighted by Gasteiger charge is 2.10. The molecule has 0 aliphatic heterocycles. The molecule has 0 spiro atoms. The molecule has 2 N–H and O–H groups in total. The average Bonchev–Trinajstić information content (AvgIpc) is 2.84. The van der Waals surface area contributed by atoms with Gasteiger partial charge in [0.05, 0.1) is 7.11 Å². The Balaban J connectivity index is 1.33. The van der Waals surface area contributed by atoms with Crippen LogP contribution in [0.3, 0.4) is 0 Å². The van der Waals surface area contributed by atoms with E-state index in [9.17, 15) is 14.4 Å². The largest absolute Gasteiger partial charge is 0.497 e. The van der Waals surface area contributed by atoms with Crippen LogP contribution in [0, 0.1) is 13.8 Å². The zero-order valence-corrected chi connectivity index (χ0v) is 20.6. The van der Waals surface area contributed by atoms with Crippen molar-refractivity contribution in [3.05, 3.63) is 77.9 Å². The van der Waals surface area contributed by atoms with Crippen LogP contribution in [0.15, 0.2) is 66.7 Å². The summed E-state index contributed by atoms with van der Waals surface area (Å²) in [5.74, 6) is 0.875. The number of hydrogen-bond acceptors (Lipinski definition) is 6. The van der Waals surface area contributed by atoms with Crippen molar-refractivity contribution in [2.45, 2.75) is 33.1 Å². The summed E-state index contributed by atoms with van der Waals surface area (Å²) in [6, 6.07) is 19.9. The van der Waals surface area contributed by atoms with E-state index in [4.69, 9.17) is 14.2 Å². The number of esters is 1. The van der Waals surface area contributed by atoms with E-state index in [1.807, 2.05) is 32.0 Å². The van der Waals surface area contributed by atoms with Crippen molar-refractivity contribution in [3.63, 3.8) is 0 Å². The Morgan fingerprint density at radius 2 is 1.25 bits per heavy atom. The van der Waals surface area contributed by atoms with Crippen LogP contribution in [-0.4, -0.2) is 31.5 Å². The van der Waals surface area contributed by atoms with Crippen LogP contribution in [0.5, 0.6) is 17.2 Å². The van der Waals surface area contributed by atoms with E-state index >= 15 is 0 Å². The van der Waals surface area contributed by atoms with Crippen LogP contribution in [0.2, 0.25) is 0 Å². The number of methoxy groups -OCH3 is 1. The number of anilines is 2. The summed E-state index contributed by atoms with van der Waals surface area (Å²) in [5, 5.41) is 5.49. The topological polar surface area (TPSA) is 103 Å². The summed E-state index contributed by atoms with van der Waals surface area (Å²) >= 11 is 0. The lowest BCUT2D eigenvalue weighted by molar-refractivity contribution is -0.147. The zero-order valence-electron chi connectivity index (χ0n) is 20.6. The number of aryl methyl sites for hydroxylation is 2. The number of amides is 2. The molecule has 188 valence electrons. The minimum absolute atomic E-state index is 0.0406. The second-order valence-electron chi connectivity index (χ2n) is 8.29. The van der Waals surface area contributed by atoms with E-state index < -0.39 is 11.9 Å². The summed E-state index contributed by atoms with van der Waals surface area (Å²) in [4.78, 5) is 36.1. The molecule has 0 unspecified atom stereocenters. The van der Waals surface area contributed by atoms with Crippen molar-refractivity contribution in [1.82, 2.24) is 0 Å². The molecule has 0 bridgehead atoms. The number of benzene rings is 3. The third-order valence-electron chi connectivity index (χ3n) is 5.09.